The van der Waals surface area contributed by atoms with Crippen LogP contribution in [0, 0.1) is 5.82 Å². The van der Waals surface area contributed by atoms with Crippen LogP contribution in [0.3, 0.4) is 0 Å². The van der Waals surface area contributed by atoms with Crippen molar-refractivity contribution < 1.29 is 8.81 Å². The summed E-state index contributed by atoms with van der Waals surface area (Å²) >= 11 is 0. The zero-order valence-electron chi connectivity index (χ0n) is 8.03. The van der Waals surface area contributed by atoms with Gasteiger partial charge in [-0.2, -0.15) is 0 Å². The van der Waals surface area contributed by atoms with Crippen LogP contribution < -0.4 is 11.1 Å². The number of rotatable bonds is 3. The number of benzene rings is 1. The van der Waals surface area contributed by atoms with Crippen LogP contribution in [0.15, 0.2) is 40.8 Å². The van der Waals surface area contributed by atoms with Gasteiger partial charge in [-0.1, -0.05) is 6.07 Å². The molecule has 0 aliphatic rings. The molecule has 2 aromatic rings. The summed E-state index contributed by atoms with van der Waals surface area (Å²) in [5.74, 6) is 0.959. The lowest BCUT2D eigenvalue weighted by molar-refractivity contribution is 0.528. The smallest absolute Gasteiger partial charge is 0.197 e. The lowest BCUT2D eigenvalue weighted by Gasteiger charge is -2.02. The molecule has 2 rings (SSSR count). The molecule has 0 atom stereocenters. The normalized spacial score (nSPS) is 10.3. The Bertz CT molecular complexity index is 453. The van der Waals surface area contributed by atoms with E-state index in [9.17, 15) is 4.39 Å². The summed E-state index contributed by atoms with van der Waals surface area (Å²) < 4.78 is 18.2. The second-order valence-corrected chi connectivity index (χ2v) is 3.11. The molecule has 3 N–H and O–H groups in total. The molecule has 0 spiro atoms. The van der Waals surface area contributed by atoms with E-state index >= 15 is 0 Å². The van der Waals surface area contributed by atoms with Gasteiger partial charge in [0.25, 0.3) is 0 Å². The average molecular weight is 206 g/mol. The van der Waals surface area contributed by atoms with Crippen molar-refractivity contribution in [1.29, 1.82) is 0 Å². The Kier molecular flexibility index (Phi) is 2.69. The molecular formula is C11H11FN2O. The van der Waals surface area contributed by atoms with Gasteiger partial charge in [0.15, 0.2) is 5.88 Å². The molecule has 0 amide bonds. The van der Waals surface area contributed by atoms with Gasteiger partial charge in [0.1, 0.15) is 11.6 Å². The highest BCUT2D eigenvalue weighted by molar-refractivity contribution is 5.54. The number of hydrogen-bond acceptors (Lipinski definition) is 3. The topological polar surface area (TPSA) is 51.2 Å². The van der Waals surface area contributed by atoms with E-state index in [2.05, 4.69) is 5.32 Å². The zero-order valence-corrected chi connectivity index (χ0v) is 8.03. The van der Waals surface area contributed by atoms with E-state index in [0.717, 1.165) is 0 Å². The van der Waals surface area contributed by atoms with Gasteiger partial charge in [-0.15, -0.1) is 0 Å². The van der Waals surface area contributed by atoms with Crippen LogP contribution in [0.4, 0.5) is 16.0 Å². The highest BCUT2D eigenvalue weighted by atomic mass is 19.1. The van der Waals surface area contributed by atoms with Crippen molar-refractivity contribution in [3.05, 3.63) is 48.0 Å². The predicted molar refractivity (Wildman–Crippen MR) is 56.3 cm³/mol. The van der Waals surface area contributed by atoms with Gasteiger partial charge < -0.3 is 15.5 Å². The maximum absolute atomic E-state index is 12.9. The van der Waals surface area contributed by atoms with Crippen molar-refractivity contribution in [3.8, 4) is 0 Å². The van der Waals surface area contributed by atoms with E-state index in [1.165, 1.54) is 12.1 Å². The summed E-state index contributed by atoms with van der Waals surface area (Å²) in [6.07, 6.45) is 0. The van der Waals surface area contributed by atoms with Crippen molar-refractivity contribution in [3.63, 3.8) is 0 Å². The Morgan fingerprint density at radius 3 is 2.80 bits per heavy atom. The lowest BCUT2D eigenvalue weighted by Crippen LogP contribution is -1.93. The van der Waals surface area contributed by atoms with Gasteiger partial charge >= 0.3 is 0 Å². The highest BCUT2D eigenvalue weighted by Gasteiger charge is 2.01. The molecule has 0 unspecified atom stereocenters. The second-order valence-electron chi connectivity index (χ2n) is 3.11. The van der Waals surface area contributed by atoms with Crippen molar-refractivity contribution in [2.75, 3.05) is 5.32 Å². The quantitative estimate of drug-likeness (QED) is 0.811. The average Bonchev–Trinajstić information content (AvgIpc) is 2.65. The summed E-state index contributed by atoms with van der Waals surface area (Å²) in [6.45, 7) is 0.352. The van der Waals surface area contributed by atoms with Crippen molar-refractivity contribution >= 4 is 11.6 Å². The minimum Gasteiger partial charge on any atom is -0.444 e. The molecule has 4 heteroatoms. The first-order valence-corrected chi connectivity index (χ1v) is 4.59. The third kappa shape index (κ3) is 2.35. The molecule has 0 aliphatic heterocycles. The number of halogens is 1. The molecule has 1 aromatic heterocycles. The Balaban J connectivity index is 2.14. The van der Waals surface area contributed by atoms with Crippen LogP contribution in [0.2, 0.25) is 0 Å². The fourth-order valence-electron chi connectivity index (χ4n) is 1.26. The van der Waals surface area contributed by atoms with E-state index < -0.39 is 0 Å². The summed E-state index contributed by atoms with van der Waals surface area (Å²) in [6, 6.07) is 9.70. The fourth-order valence-corrected chi connectivity index (χ4v) is 1.26. The van der Waals surface area contributed by atoms with E-state index in [-0.39, 0.29) is 5.82 Å². The van der Waals surface area contributed by atoms with Gasteiger partial charge in [-0.3, -0.25) is 0 Å². The molecule has 0 fully saturated rings. The maximum atomic E-state index is 12.9. The molecule has 0 saturated heterocycles. The monoisotopic (exact) mass is 206 g/mol. The van der Waals surface area contributed by atoms with Crippen molar-refractivity contribution in [1.82, 2.24) is 0 Å². The van der Waals surface area contributed by atoms with Crippen LogP contribution in [-0.4, -0.2) is 0 Å². The Morgan fingerprint density at radius 2 is 2.13 bits per heavy atom. The van der Waals surface area contributed by atoms with Crippen LogP contribution in [0.1, 0.15) is 5.76 Å². The first-order chi connectivity index (χ1) is 7.28. The Labute approximate surface area is 86.7 Å². The third-order valence-corrected chi connectivity index (χ3v) is 1.95. The van der Waals surface area contributed by atoms with Crippen LogP contribution >= 0.6 is 0 Å². The lowest BCUT2D eigenvalue weighted by atomic mass is 10.3. The minimum atomic E-state index is -0.286. The van der Waals surface area contributed by atoms with E-state index in [1.54, 1.807) is 24.3 Å². The molecular weight excluding hydrogens is 195 g/mol. The minimum absolute atomic E-state index is 0.286. The van der Waals surface area contributed by atoms with Crippen LogP contribution in [0.25, 0.3) is 0 Å². The Morgan fingerprint density at radius 1 is 1.27 bits per heavy atom. The second kappa shape index (κ2) is 4.14. The largest absolute Gasteiger partial charge is 0.444 e. The van der Waals surface area contributed by atoms with Gasteiger partial charge in [-0.05, 0) is 24.3 Å². The summed E-state index contributed by atoms with van der Waals surface area (Å²) in [5, 5.41) is 2.94. The molecule has 3 nitrogen and oxygen atoms in total. The third-order valence-electron chi connectivity index (χ3n) is 1.95. The first-order valence-electron chi connectivity index (χ1n) is 4.59. The number of anilines is 2. The van der Waals surface area contributed by atoms with Gasteiger partial charge in [0, 0.05) is 11.8 Å². The number of furan rings is 1. The van der Waals surface area contributed by atoms with Crippen LogP contribution in [0.5, 0.6) is 0 Å². The SMILES string of the molecule is NCc1ccc(Nc2cccc(F)c2)o1. The van der Waals surface area contributed by atoms with Crippen LogP contribution in [-0.2, 0) is 6.54 Å². The number of hydrogen-bond donors (Lipinski definition) is 2. The highest BCUT2D eigenvalue weighted by Crippen LogP contribution is 2.19. The van der Waals surface area contributed by atoms with E-state index in [1.807, 2.05) is 0 Å². The predicted octanol–water partition coefficient (Wildman–Crippen LogP) is 2.62. The molecule has 0 aliphatic carbocycles. The first kappa shape index (κ1) is 9.73. The summed E-state index contributed by atoms with van der Waals surface area (Å²) in [5.41, 5.74) is 6.05. The molecule has 78 valence electrons. The molecule has 1 heterocycles. The Hall–Kier alpha value is -1.81. The van der Waals surface area contributed by atoms with Gasteiger partial charge in [0.05, 0.1) is 6.54 Å². The molecule has 0 bridgehead atoms. The fraction of sp³-hybridized carbons (Fsp3) is 0.0909. The van der Waals surface area contributed by atoms with E-state index in [0.29, 0.717) is 23.9 Å². The summed E-state index contributed by atoms with van der Waals surface area (Å²) in [4.78, 5) is 0. The molecule has 1 aromatic carbocycles. The number of nitrogens with one attached hydrogen (secondary N) is 1. The molecule has 0 saturated carbocycles. The number of nitrogens with two attached hydrogens (primary N) is 1. The summed E-state index contributed by atoms with van der Waals surface area (Å²) in [7, 11) is 0. The maximum Gasteiger partial charge on any atom is 0.197 e. The van der Waals surface area contributed by atoms with E-state index in [4.69, 9.17) is 10.2 Å². The van der Waals surface area contributed by atoms with Gasteiger partial charge in [-0.25, -0.2) is 4.39 Å². The molecule has 15 heavy (non-hydrogen) atoms. The van der Waals surface area contributed by atoms with Crippen molar-refractivity contribution in [2.45, 2.75) is 6.54 Å². The molecule has 0 radical (unpaired) electrons. The van der Waals surface area contributed by atoms with Gasteiger partial charge in [0.2, 0.25) is 0 Å². The zero-order chi connectivity index (χ0) is 10.7. The standard InChI is InChI=1S/C11H11FN2O/c12-8-2-1-3-9(6-8)14-11-5-4-10(7-13)15-11/h1-6,14H,7,13H2. The van der Waals surface area contributed by atoms with Crippen molar-refractivity contribution in [2.24, 2.45) is 5.73 Å².